The van der Waals surface area contributed by atoms with E-state index in [1.165, 1.54) is 0 Å². The van der Waals surface area contributed by atoms with Crippen LogP contribution in [0.15, 0.2) is 43.1 Å². The van der Waals surface area contributed by atoms with Crippen LogP contribution in [-0.2, 0) is 4.79 Å². The molecular formula is C20H23N7O. The molecule has 144 valence electrons. The number of rotatable bonds is 4. The maximum atomic E-state index is 12.8. The third-order valence-electron chi connectivity index (χ3n) is 5.01. The van der Waals surface area contributed by atoms with Crippen molar-refractivity contribution < 1.29 is 4.79 Å². The van der Waals surface area contributed by atoms with Crippen molar-refractivity contribution in [2.75, 3.05) is 16.8 Å². The summed E-state index contributed by atoms with van der Waals surface area (Å²) in [5.74, 6) is 2.06. The molecule has 0 aliphatic carbocycles. The van der Waals surface area contributed by atoms with E-state index in [0.29, 0.717) is 12.4 Å². The van der Waals surface area contributed by atoms with Crippen LogP contribution in [0.3, 0.4) is 0 Å². The van der Waals surface area contributed by atoms with Crippen LogP contribution in [0.5, 0.6) is 0 Å². The van der Waals surface area contributed by atoms with Crippen molar-refractivity contribution in [3.8, 4) is 17.3 Å². The topological polar surface area (TPSA) is 80.0 Å². The zero-order valence-electron chi connectivity index (χ0n) is 16.4. The Labute approximate surface area is 163 Å². The summed E-state index contributed by atoms with van der Waals surface area (Å²) in [5, 5.41) is 0. The number of hydrogen-bond donors (Lipinski definition) is 0. The second kappa shape index (κ2) is 7.03. The Bertz CT molecular complexity index is 999. The van der Waals surface area contributed by atoms with E-state index in [1.807, 2.05) is 29.8 Å². The Morgan fingerprint density at radius 1 is 1.18 bits per heavy atom. The smallest absolute Gasteiger partial charge is 0.249 e. The van der Waals surface area contributed by atoms with E-state index in [9.17, 15) is 4.79 Å². The fraction of sp³-hybridized carbons (Fsp3) is 0.350. The molecule has 0 fully saturated rings. The highest BCUT2D eigenvalue weighted by Gasteiger charge is 2.38. The monoisotopic (exact) mass is 377 g/mol. The van der Waals surface area contributed by atoms with Gasteiger partial charge in [0.2, 0.25) is 11.9 Å². The third-order valence-corrected chi connectivity index (χ3v) is 5.01. The molecule has 0 saturated carbocycles. The molecule has 8 nitrogen and oxygen atoms in total. The van der Waals surface area contributed by atoms with Gasteiger partial charge in [-0.1, -0.05) is 6.92 Å². The number of fused-ring (bicyclic) bond motifs is 1. The molecule has 8 heteroatoms. The number of carbonyl (C=O) groups excluding carboxylic acids is 1. The van der Waals surface area contributed by atoms with E-state index >= 15 is 0 Å². The number of aromatic nitrogens is 5. The zero-order valence-corrected chi connectivity index (χ0v) is 16.4. The van der Waals surface area contributed by atoms with Gasteiger partial charge in [0.25, 0.3) is 0 Å². The molecule has 28 heavy (non-hydrogen) atoms. The van der Waals surface area contributed by atoms with Gasteiger partial charge in [-0.3, -0.25) is 14.3 Å². The first-order chi connectivity index (χ1) is 13.5. The Hall–Kier alpha value is -3.29. The first-order valence-electron chi connectivity index (χ1n) is 9.40. The highest BCUT2D eigenvalue weighted by Crippen LogP contribution is 2.36. The number of nitrogens with zero attached hydrogens (tertiary/aromatic N) is 7. The predicted octanol–water partition coefficient (Wildman–Crippen LogP) is 2.69. The zero-order chi connectivity index (χ0) is 19.8. The van der Waals surface area contributed by atoms with E-state index < -0.39 is 0 Å². The Morgan fingerprint density at radius 2 is 2.00 bits per heavy atom. The number of likely N-dealkylation sites (N-methyl/N-ethyl adjacent to an activating group) is 1. The van der Waals surface area contributed by atoms with Crippen molar-refractivity contribution in [3.63, 3.8) is 0 Å². The van der Waals surface area contributed by atoms with E-state index in [-0.39, 0.29) is 18.0 Å². The molecule has 1 aliphatic rings. The fourth-order valence-electron chi connectivity index (χ4n) is 3.66. The fourth-order valence-corrected chi connectivity index (χ4v) is 3.66. The highest BCUT2D eigenvalue weighted by molar-refractivity contribution is 6.04. The van der Waals surface area contributed by atoms with E-state index in [1.54, 1.807) is 36.7 Å². The average molecular weight is 377 g/mol. The molecule has 1 atom stereocenters. The van der Waals surface area contributed by atoms with E-state index in [0.717, 1.165) is 22.9 Å². The quantitative estimate of drug-likeness (QED) is 0.695. The van der Waals surface area contributed by atoms with Gasteiger partial charge in [0.15, 0.2) is 5.82 Å². The van der Waals surface area contributed by atoms with Crippen LogP contribution in [-0.4, -0.2) is 49.5 Å². The van der Waals surface area contributed by atoms with Gasteiger partial charge in [0, 0.05) is 43.4 Å². The standard InChI is InChI=1S/C20H23N7O/c1-5-15-19(28)25(4)16-12-23-20(24-18(16)27(15)13(2)3)26-10-9-22-17(26)14-7-6-8-21-11-14/h6-13,15H,5H2,1-4H3/t15-/m1/s1. The Balaban J connectivity index is 1.85. The van der Waals surface area contributed by atoms with Crippen LogP contribution < -0.4 is 9.80 Å². The third kappa shape index (κ3) is 2.81. The molecule has 0 N–H and O–H groups in total. The predicted molar refractivity (Wildman–Crippen MR) is 107 cm³/mol. The summed E-state index contributed by atoms with van der Waals surface area (Å²) in [6.45, 7) is 6.17. The summed E-state index contributed by atoms with van der Waals surface area (Å²) in [7, 11) is 1.78. The lowest BCUT2D eigenvalue weighted by atomic mass is 10.1. The molecule has 0 saturated heterocycles. The van der Waals surface area contributed by atoms with Crippen LogP contribution in [0.4, 0.5) is 11.5 Å². The minimum atomic E-state index is -0.235. The summed E-state index contributed by atoms with van der Waals surface area (Å²) in [4.78, 5) is 34.5. The Kier molecular flexibility index (Phi) is 4.54. The van der Waals surface area contributed by atoms with Crippen LogP contribution in [0.25, 0.3) is 17.3 Å². The SMILES string of the molecule is CC[C@@H]1C(=O)N(C)c2cnc(-n3ccnc3-c3cccnc3)nc2N1C(C)C. The van der Waals surface area contributed by atoms with Gasteiger partial charge >= 0.3 is 0 Å². The van der Waals surface area contributed by atoms with E-state index in [2.05, 4.69) is 33.7 Å². The minimum absolute atomic E-state index is 0.0683. The molecule has 3 aromatic heterocycles. The van der Waals surface area contributed by atoms with Crippen molar-refractivity contribution in [2.24, 2.45) is 0 Å². The van der Waals surface area contributed by atoms with Gasteiger partial charge in [0.1, 0.15) is 17.6 Å². The van der Waals surface area contributed by atoms with Gasteiger partial charge in [-0.05, 0) is 32.4 Å². The molecule has 3 aromatic rings. The van der Waals surface area contributed by atoms with Gasteiger partial charge in [0.05, 0.1) is 6.20 Å². The van der Waals surface area contributed by atoms with Crippen molar-refractivity contribution in [2.45, 2.75) is 39.3 Å². The second-order valence-electron chi connectivity index (χ2n) is 7.06. The lowest BCUT2D eigenvalue weighted by Gasteiger charge is -2.42. The lowest BCUT2D eigenvalue weighted by Crippen LogP contribution is -2.55. The minimum Gasteiger partial charge on any atom is -0.340 e. The summed E-state index contributed by atoms with van der Waals surface area (Å²) in [6.07, 6.45) is 9.46. The van der Waals surface area contributed by atoms with Gasteiger partial charge in [-0.2, -0.15) is 4.98 Å². The number of hydrogen-bond acceptors (Lipinski definition) is 6. The summed E-state index contributed by atoms with van der Waals surface area (Å²) < 4.78 is 1.84. The van der Waals surface area contributed by atoms with Crippen LogP contribution in [0, 0.1) is 0 Å². The lowest BCUT2D eigenvalue weighted by molar-refractivity contribution is -0.120. The molecule has 0 radical (unpaired) electrons. The maximum absolute atomic E-state index is 12.8. The maximum Gasteiger partial charge on any atom is 0.249 e. The number of anilines is 2. The van der Waals surface area contributed by atoms with Crippen LogP contribution in [0.1, 0.15) is 27.2 Å². The molecule has 0 aromatic carbocycles. The van der Waals surface area contributed by atoms with Crippen LogP contribution in [0.2, 0.25) is 0 Å². The second-order valence-corrected chi connectivity index (χ2v) is 7.06. The molecule has 0 spiro atoms. The molecular weight excluding hydrogens is 354 g/mol. The molecule has 4 rings (SSSR count). The van der Waals surface area contributed by atoms with Gasteiger partial charge < -0.3 is 9.80 Å². The molecule has 0 unspecified atom stereocenters. The van der Waals surface area contributed by atoms with Crippen molar-refractivity contribution in [3.05, 3.63) is 43.1 Å². The Morgan fingerprint density at radius 3 is 2.68 bits per heavy atom. The van der Waals surface area contributed by atoms with Crippen molar-refractivity contribution >= 4 is 17.4 Å². The number of carbonyl (C=O) groups is 1. The first kappa shape index (κ1) is 18.1. The van der Waals surface area contributed by atoms with Crippen LogP contribution >= 0.6 is 0 Å². The highest BCUT2D eigenvalue weighted by atomic mass is 16.2. The van der Waals surface area contributed by atoms with Crippen molar-refractivity contribution in [1.82, 2.24) is 24.5 Å². The normalized spacial score (nSPS) is 16.6. The number of imidazole rings is 1. The van der Waals surface area contributed by atoms with E-state index in [4.69, 9.17) is 4.98 Å². The molecule has 4 heterocycles. The average Bonchev–Trinajstić information content (AvgIpc) is 3.20. The summed E-state index contributed by atoms with van der Waals surface area (Å²) >= 11 is 0. The molecule has 1 aliphatic heterocycles. The first-order valence-corrected chi connectivity index (χ1v) is 9.40. The van der Waals surface area contributed by atoms with Gasteiger partial charge in [-0.25, -0.2) is 9.97 Å². The molecule has 0 bridgehead atoms. The molecule has 1 amide bonds. The number of pyridine rings is 1. The van der Waals surface area contributed by atoms with Gasteiger partial charge in [-0.15, -0.1) is 0 Å². The largest absolute Gasteiger partial charge is 0.340 e. The van der Waals surface area contributed by atoms with Crippen molar-refractivity contribution in [1.29, 1.82) is 0 Å². The summed E-state index contributed by atoms with van der Waals surface area (Å²) in [6, 6.07) is 3.71. The number of amides is 1. The summed E-state index contributed by atoms with van der Waals surface area (Å²) in [5.41, 5.74) is 1.60.